The molecule has 0 atom stereocenters. The molecule has 2 aromatic carbocycles. The highest BCUT2D eigenvalue weighted by atomic mass is 35.5. The number of rotatable bonds is 7. The van der Waals surface area contributed by atoms with Gasteiger partial charge in [-0.2, -0.15) is 0 Å². The van der Waals surface area contributed by atoms with Crippen LogP contribution in [0.3, 0.4) is 0 Å². The van der Waals surface area contributed by atoms with Gasteiger partial charge in [0.05, 0.1) is 6.26 Å². The Morgan fingerprint density at radius 2 is 1.70 bits per heavy atom. The molecule has 0 radical (unpaired) electrons. The molecule has 0 aliphatic heterocycles. The summed E-state index contributed by atoms with van der Waals surface area (Å²) < 4.78 is 5.04. The molecule has 2 N–H and O–H groups in total. The highest BCUT2D eigenvalue weighted by molar-refractivity contribution is 7.99. The van der Waals surface area contributed by atoms with E-state index in [1.807, 2.05) is 24.3 Å². The maximum absolute atomic E-state index is 12.2. The lowest BCUT2D eigenvalue weighted by Crippen LogP contribution is -2.25. The normalized spacial score (nSPS) is 10.4. The van der Waals surface area contributed by atoms with Gasteiger partial charge in [-0.1, -0.05) is 11.6 Å². The zero-order chi connectivity index (χ0) is 19.1. The van der Waals surface area contributed by atoms with Crippen molar-refractivity contribution in [2.45, 2.75) is 4.90 Å². The third-order valence-corrected chi connectivity index (χ3v) is 4.89. The number of thioether (sulfide) groups is 1. The lowest BCUT2D eigenvalue weighted by Gasteiger charge is -2.07. The lowest BCUT2D eigenvalue weighted by molar-refractivity contribution is 0.0955. The molecule has 5 nitrogen and oxygen atoms in total. The second kappa shape index (κ2) is 9.30. The average Bonchev–Trinajstić information content (AvgIpc) is 3.22. The first-order chi connectivity index (χ1) is 13.1. The van der Waals surface area contributed by atoms with Crippen LogP contribution in [0.2, 0.25) is 5.02 Å². The van der Waals surface area contributed by atoms with Crippen LogP contribution in [0.15, 0.2) is 76.2 Å². The molecule has 0 fully saturated rings. The Balaban J connectivity index is 1.44. The third kappa shape index (κ3) is 5.64. The second-order valence-electron chi connectivity index (χ2n) is 5.57. The fourth-order valence-electron chi connectivity index (χ4n) is 2.27. The van der Waals surface area contributed by atoms with Crippen LogP contribution in [0.1, 0.15) is 20.9 Å². The monoisotopic (exact) mass is 400 g/mol. The van der Waals surface area contributed by atoms with Crippen molar-refractivity contribution in [3.8, 4) is 0 Å². The molecular weight excluding hydrogens is 384 g/mol. The molecule has 0 spiro atoms. The summed E-state index contributed by atoms with van der Waals surface area (Å²) in [5.74, 6) is 0.493. The van der Waals surface area contributed by atoms with Gasteiger partial charge in [-0.05, 0) is 60.7 Å². The Morgan fingerprint density at radius 1 is 0.963 bits per heavy atom. The highest BCUT2D eigenvalue weighted by Crippen LogP contribution is 2.19. The third-order valence-electron chi connectivity index (χ3n) is 3.62. The van der Waals surface area contributed by atoms with Crippen LogP contribution < -0.4 is 10.6 Å². The van der Waals surface area contributed by atoms with Gasteiger partial charge in [-0.25, -0.2) is 0 Å². The number of hydrogen-bond donors (Lipinski definition) is 2. The second-order valence-corrected chi connectivity index (χ2v) is 7.17. The number of nitrogens with one attached hydrogen (secondary N) is 2. The van der Waals surface area contributed by atoms with Gasteiger partial charge in [-0.3, -0.25) is 9.59 Å². The molecule has 0 unspecified atom stereocenters. The van der Waals surface area contributed by atoms with Crippen molar-refractivity contribution in [3.63, 3.8) is 0 Å². The Bertz CT molecular complexity index is 894. The van der Waals surface area contributed by atoms with E-state index in [4.69, 9.17) is 16.0 Å². The maximum Gasteiger partial charge on any atom is 0.291 e. The molecule has 27 heavy (non-hydrogen) atoms. The minimum atomic E-state index is -0.337. The molecule has 0 saturated heterocycles. The van der Waals surface area contributed by atoms with Crippen molar-refractivity contribution in [2.75, 3.05) is 17.6 Å². The van der Waals surface area contributed by atoms with Crippen molar-refractivity contribution < 1.29 is 14.0 Å². The summed E-state index contributed by atoms with van der Waals surface area (Å²) >= 11 is 7.50. The quantitative estimate of drug-likeness (QED) is 0.445. The Morgan fingerprint density at radius 3 is 2.37 bits per heavy atom. The summed E-state index contributed by atoms with van der Waals surface area (Å²) in [6.45, 7) is 0.545. The fourth-order valence-corrected chi connectivity index (χ4v) is 3.17. The molecule has 2 amide bonds. The average molecular weight is 401 g/mol. The van der Waals surface area contributed by atoms with Gasteiger partial charge in [-0.15, -0.1) is 11.8 Å². The predicted octanol–water partition coefficient (Wildman–Crippen LogP) is 4.71. The molecule has 3 aromatic rings. The minimum Gasteiger partial charge on any atom is -0.459 e. The lowest BCUT2D eigenvalue weighted by atomic mass is 10.2. The Kier molecular flexibility index (Phi) is 6.57. The number of carbonyl (C=O) groups is 2. The highest BCUT2D eigenvalue weighted by Gasteiger charge is 2.10. The van der Waals surface area contributed by atoms with Crippen molar-refractivity contribution in [1.82, 2.24) is 5.32 Å². The smallest absolute Gasteiger partial charge is 0.291 e. The molecule has 0 aliphatic carbocycles. The topological polar surface area (TPSA) is 71.3 Å². The summed E-state index contributed by atoms with van der Waals surface area (Å²) in [6.07, 6.45) is 1.44. The number of carbonyl (C=O) groups excluding carboxylic acids is 2. The Labute approximate surface area is 166 Å². The summed E-state index contributed by atoms with van der Waals surface area (Å²) in [4.78, 5) is 25.2. The van der Waals surface area contributed by atoms with E-state index in [1.54, 1.807) is 48.2 Å². The molecule has 0 bridgehead atoms. The van der Waals surface area contributed by atoms with Crippen molar-refractivity contribution in [3.05, 3.63) is 83.3 Å². The molecule has 3 rings (SSSR count). The van der Waals surface area contributed by atoms with Crippen molar-refractivity contribution >= 4 is 40.9 Å². The van der Waals surface area contributed by atoms with Gasteiger partial charge in [0.2, 0.25) is 0 Å². The van der Waals surface area contributed by atoms with Crippen LogP contribution in [-0.4, -0.2) is 24.1 Å². The van der Waals surface area contributed by atoms with Gasteiger partial charge >= 0.3 is 0 Å². The largest absolute Gasteiger partial charge is 0.459 e. The van der Waals surface area contributed by atoms with Crippen LogP contribution >= 0.6 is 23.4 Å². The zero-order valence-electron chi connectivity index (χ0n) is 14.3. The summed E-state index contributed by atoms with van der Waals surface area (Å²) in [7, 11) is 0. The van der Waals surface area contributed by atoms with E-state index in [2.05, 4.69) is 10.6 Å². The minimum absolute atomic E-state index is 0.157. The first-order valence-electron chi connectivity index (χ1n) is 8.23. The van der Waals surface area contributed by atoms with E-state index in [0.717, 1.165) is 10.6 Å². The number of furan rings is 1. The SMILES string of the molecule is O=C(NCCSc1ccc(Cl)cc1)c1ccc(NC(=O)c2ccco2)cc1. The van der Waals surface area contributed by atoms with Crippen LogP contribution in [0.5, 0.6) is 0 Å². The van der Waals surface area contributed by atoms with Gasteiger partial charge in [0.25, 0.3) is 11.8 Å². The van der Waals surface area contributed by atoms with Crippen LogP contribution in [-0.2, 0) is 0 Å². The van der Waals surface area contributed by atoms with Crippen molar-refractivity contribution in [1.29, 1.82) is 0 Å². The van der Waals surface area contributed by atoms with Gasteiger partial charge in [0, 0.05) is 33.5 Å². The Hall–Kier alpha value is -2.70. The van der Waals surface area contributed by atoms with E-state index in [0.29, 0.717) is 22.8 Å². The van der Waals surface area contributed by atoms with Crippen LogP contribution in [0.25, 0.3) is 0 Å². The number of hydrogen-bond acceptors (Lipinski definition) is 4. The van der Waals surface area contributed by atoms with Gasteiger partial charge in [0.15, 0.2) is 5.76 Å². The number of halogens is 1. The number of benzene rings is 2. The van der Waals surface area contributed by atoms with Crippen molar-refractivity contribution in [2.24, 2.45) is 0 Å². The summed E-state index contributed by atoms with van der Waals surface area (Å²) in [5.41, 5.74) is 1.12. The summed E-state index contributed by atoms with van der Waals surface area (Å²) in [5, 5.41) is 6.29. The summed E-state index contributed by atoms with van der Waals surface area (Å²) in [6, 6.07) is 17.5. The first kappa shape index (κ1) is 19.1. The van der Waals surface area contributed by atoms with Gasteiger partial charge in [0.1, 0.15) is 0 Å². The van der Waals surface area contributed by atoms with E-state index < -0.39 is 0 Å². The molecule has 0 saturated carbocycles. The number of anilines is 1. The van der Waals surface area contributed by atoms with Crippen LogP contribution in [0, 0.1) is 0 Å². The molecule has 7 heteroatoms. The van der Waals surface area contributed by atoms with Crippen LogP contribution in [0.4, 0.5) is 5.69 Å². The first-order valence-corrected chi connectivity index (χ1v) is 9.60. The molecule has 0 aliphatic rings. The number of amides is 2. The van der Waals surface area contributed by atoms with E-state index >= 15 is 0 Å². The molecule has 138 valence electrons. The standard InChI is InChI=1S/C20H17ClN2O3S/c21-15-5-9-17(10-6-15)27-13-11-22-19(24)14-3-7-16(8-4-14)23-20(25)18-2-1-12-26-18/h1-10,12H,11,13H2,(H,22,24)(H,23,25). The molecular formula is C20H17ClN2O3S. The maximum atomic E-state index is 12.2. The predicted molar refractivity (Wildman–Crippen MR) is 108 cm³/mol. The van der Waals surface area contributed by atoms with E-state index in [-0.39, 0.29) is 17.6 Å². The molecule has 1 heterocycles. The van der Waals surface area contributed by atoms with E-state index in [9.17, 15) is 9.59 Å². The van der Waals surface area contributed by atoms with E-state index in [1.165, 1.54) is 6.26 Å². The zero-order valence-corrected chi connectivity index (χ0v) is 15.8. The fraction of sp³-hybridized carbons (Fsp3) is 0.100. The van der Waals surface area contributed by atoms with Gasteiger partial charge < -0.3 is 15.1 Å². The molecule has 1 aromatic heterocycles.